The molecule has 0 aliphatic heterocycles. The van der Waals surface area contributed by atoms with E-state index in [1.807, 2.05) is 0 Å². The number of aromatic nitrogens is 2. The smallest absolute Gasteiger partial charge is 0.222 e. The Balaban J connectivity index is 2.30. The van der Waals surface area contributed by atoms with Crippen molar-refractivity contribution < 1.29 is 8.42 Å². The van der Waals surface area contributed by atoms with E-state index in [-0.39, 0.29) is 15.9 Å². The molecule has 1 heterocycles. The summed E-state index contributed by atoms with van der Waals surface area (Å²) in [5.41, 5.74) is 0.383. The van der Waals surface area contributed by atoms with Crippen molar-refractivity contribution in [2.24, 2.45) is 0 Å². The fourth-order valence-corrected chi connectivity index (χ4v) is 2.81. The van der Waals surface area contributed by atoms with Gasteiger partial charge in [0.05, 0.1) is 16.3 Å². The van der Waals surface area contributed by atoms with Crippen LogP contribution in [0.2, 0.25) is 5.28 Å². The van der Waals surface area contributed by atoms with Gasteiger partial charge in [0.2, 0.25) is 5.28 Å². The molecule has 0 spiro atoms. The fraction of sp³-hybridized carbons (Fsp3) is 0.0909. The van der Waals surface area contributed by atoms with Crippen LogP contribution in [0.4, 0.5) is 0 Å². The molecular weight excluding hydrogens is 260 g/mol. The Hall–Kier alpha value is -1.46. The molecule has 1 aromatic heterocycles. The zero-order valence-corrected chi connectivity index (χ0v) is 10.3. The first-order valence-electron chi connectivity index (χ1n) is 4.83. The summed E-state index contributed by atoms with van der Waals surface area (Å²) in [4.78, 5) is 7.83. The van der Waals surface area contributed by atoms with Gasteiger partial charge in [0, 0.05) is 6.20 Å². The minimum Gasteiger partial charge on any atom is -0.227 e. The molecular formula is C11H9ClN2O2S. The number of benzene rings is 1. The maximum Gasteiger partial charge on any atom is 0.222 e. The molecule has 1 aromatic carbocycles. The number of hydrogen-bond acceptors (Lipinski definition) is 4. The van der Waals surface area contributed by atoms with Crippen LogP contribution in [0.1, 0.15) is 5.69 Å². The normalized spacial score (nSPS) is 11.4. The molecule has 0 saturated heterocycles. The lowest BCUT2D eigenvalue weighted by Crippen LogP contribution is -2.06. The fourth-order valence-electron chi connectivity index (χ4n) is 1.36. The van der Waals surface area contributed by atoms with Crippen molar-refractivity contribution in [2.45, 2.75) is 10.6 Å². The lowest BCUT2D eigenvalue weighted by atomic mass is 10.4. The lowest BCUT2D eigenvalue weighted by Gasteiger charge is -2.03. The third kappa shape index (κ3) is 3.01. The molecule has 0 radical (unpaired) electrons. The van der Waals surface area contributed by atoms with Gasteiger partial charge in [-0.05, 0) is 29.8 Å². The van der Waals surface area contributed by atoms with E-state index in [2.05, 4.69) is 9.97 Å². The van der Waals surface area contributed by atoms with Gasteiger partial charge in [-0.25, -0.2) is 18.4 Å². The van der Waals surface area contributed by atoms with E-state index in [1.165, 1.54) is 12.3 Å². The monoisotopic (exact) mass is 268 g/mol. The van der Waals surface area contributed by atoms with E-state index in [0.717, 1.165) is 0 Å². The summed E-state index contributed by atoms with van der Waals surface area (Å²) in [7, 11) is -3.38. The van der Waals surface area contributed by atoms with Crippen LogP contribution in [-0.4, -0.2) is 18.4 Å². The molecule has 2 aromatic rings. The van der Waals surface area contributed by atoms with Gasteiger partial charge in [-0.1, -0.05) is 18.2 Å². The summed E-state index contributed by atoms with van der Waals surface area (Å²) < 4.78 is 24.0. The molecule has 4 nitrogen and oxygen atoms in total. The quantitative estimate of drug-likeness (QED) is 0.800. The SMILES string of the molecule is O=S(=O)(Cc1ccnc(Cl)n1)c1ccccc1. The maximum atomic E-state index is 12.0. The van der Waals surface area contributed by atoms with Crippen LogP contribution < -0.4 is 0 Å². The molecule has 0 fully saturated rings. The molecule has 0 N–H and O–H groups in total. The van der Waals surface area contributed by atoms with Gasteiger partial charge in [0.25, 0.3) is 0 Å². The summed E-state index contributed by atoms with van der Waals surface area (Å²) in [6.45, 7) is 0. The number of sulfone groups is 1. The minimum absolute atomic E-state index is 0.0470. The van der Waals surface area contributed by atoms with Crippen LogP contribution in [0.15, 0.2) is 47.5 Å². The Labute approximate surface area is 104 Å². The molecule has 88 valence electrons. The molecule has 0 aliphatic rings. The van der Waals surface area contributed by atoms with Gasteiger partial charge >= 0.3 is 0 Å². The standard InChI is InChI=1S/C11H9ClN2O2S/c12-11-13-7-6-9(14-11)8-17(15,16)10-4-2-1-3-5-10/h1-7H,8H2. The number of rotatable bonds is 3. The first-order valence-corrected chi connectivity index (χ1v) is 6.86. The van der Waals surface area contributed by atoms with Gasteiger partial charge < -0.3 is 0 Å². The summed E-state index contributed by atoms with van der Waals surface area (Å²) >= 11 is 5.60. The summed E-state index contributed by atoms with van der Waals surface area (Å²) in [6.07, 6.45) is 1.44. The van der Waals surface area contributed by atoms with Gasteiger partial charge in [0.1, 0.15) is 0 Å². The predicted octanol–water partition coefficient (Wildman–Crippen LogP) is 2.10. The molecule has 0 amide bonds. The second kappa shape index (κ2) is 4.81. The molecule has 0 bridgehead atoms. The summed E-state index contributed by atoms with van der Waals surface area (Å²) in [5.74, 6) is -0.181. The summed E-state index contributed by atoms with van der Waals surface area (Å²) in [6, 6.07) is 9.77. The largest absolute Gasteiger partial charge is 0.227 e. The van der Waals surface area contributed by atoms with Gasteiger partial charge in [-0.2, -0.15) is 0 Å². The minimum atomic E-state index is -3.38. The Morgan fingerprint density at radius 3 is 2.47 bits per heavy atom. The average Bonchev–Trinajstić information content (AvgIpc) is 2.29. The molecule has 17 heavy (non-hydrogen) atoms. The van der Waals surface area contributed by atoms with E-state index in [1.54, 1.807) is 30.3 Å². The van der Waals surface area contributed by atoms with Crippen molar-refractivity contribution in [1.29, 1.82) is 0 Å². The van der Waals surface area contributed by atoms with Crippen LogP contribution >= 0.6 is 11.6 Å². The van der Waals surface area contributed by atoms with E-state index in [4.69, 9.17) is 11.6 Å². The van der Waals surface area contributed by atoms with Crippen molar-refractivity contribution in [2.75, 3.05) is 0 Å². The maximum absolute atomic E-state index is 12.0. The number of nitrogens with zero attached hydrogens (tertiary/aromatic N) is 2. The molecule has 0 atom stereocenters. The number of halogens is 1. The third-order valence-corrected chi connectivity index (χ3v) is 3.97. The molecule has 0 unspecified atom stereocenters. The van der Waals surface area contributed by atoms with Crippen LogP contribution in [0, 0.1) is 0 Å². The number of hydrogen-bond donors (Lipinski definition) is 0. The third-order valence-electron chi connectivity index (χ3n) is 2.12. The Morgan fingerprint density at radius 1 is 1.12 bits per heavy atom. The first kappa shape index (κ1) is 12.0. The van der Waals surface area contributed by atoms with Gasteiger partial charge in [0.15, 0.2) is 9.84 Å². The van der Waals surface area contributed by atoms with Gasteiger partial charge in [-0.3, -0.25) is 0 Å². The van der Waals surface area contributed by atoms with Crippen molar-refractivity contribution in [3.8, 4) is 0 Å². The Morgan fingerprint density at radius 2 is 1.82 bits per heavy atom. The topological polar surface area (TPSA) is 59.9 Å². The lowest BCUT2D eigenvalue weighted by molar-refractivity contribution is 0.594. The second-order valence-electron chi connectivity index (χ2n) is 3.39. The molecule has 6 heteroatoms. The van der Waals surface area contributed by atoms with Crippen molar-refractivity contribution in [1.82, 2.24) is 9.97 Å². The molecule has 0 aliphatic carbocycles. The zero-order chi connectivity index (χ0) is 12.3. The Bertz CT molecular complexity index is 614. The Kier molecular flexibility index (Phi) is 3.40. The van der Waals surface area contributed by atoms with Crippen LogP contribution in [0.25, 0.3) is 0 Å². The average molecular weight is 269 g/mol. The summed E-state index contributed by atoms with van der Waals surface area (Å²) in [5, 5.41) is 0.0470. The highest BCUT2D eigenvalue weighted by molar-refractivity contribution is 7.90. The highest BCUT2D eigenvalue weighted by Gasteiger charge is 2.15. The molecule has 0 saturated carbocycles. The van der Waals surface area contributed by atoms with Crippen molar-refractivity contribution in [3.63, 3.8) is 0 Å². The highest BCUT2D eigenvalue weighted by atomic mass is 35.5. The van der Waals surface area contributed by atoms with Crippen molar-refractivity contribution in [3.05, 3.63) is 53.6 Å². The second-order valence-corrected chi connectivity index (χ2v) is 5.72. The van der Waals surface area contributed by atoms with E-state index >= 15 is 0 Å². The zero-order valence-electron chi connectivity index (χ0n) is 8.75. The van der Waals surface area contributed by atoms with E-state index < -0.39 is 9.84 Å². The van der Waals surface area contributed by atoms with Crippen LogP contribution in [-0.2, 0) is 15.6 Å². The van der Waals surface area contributed by atoms with E-state index in [9.17, 15) is 8.42 Å². The molecule has 2 rings (SSSR count). The van der Waals surface area contributed by atoms with Gasteiger partial charge in [-0.15, -0.1) is 0 Å². The van der Waals surface area contributed by atoms with Crippen molar-refractivity contribution >= 4 is 21.4 Å². The predicted molar refractivity (Wildman–Crippen MR) is 64.4 cm³/mol. The van der Waals surface area contributed by atoms with E-state index in [0.29, 0.717) is 5.69 Å². The first-order chi connectivity index (χ1) is 8.08. The van der Waals surface area contributed by atoms with Crippen LogP contribution in [0.3, 0.4) is 0 Å². The highest BCUT2D eigenvalue weighted by Crippen LogP contribution is 2.15. The van der Waals surface area contributed by atoms with Crippen LogP contribution in [0.5, 0.6) is 0 Å².